The predicted octanol–water partition coefficient (Wildman–Crippen LogP) is 2.96. The number of hydrogen-bond acceptors (Lipinski definition) is 4. The van der Waals surface area contributed by atoms with Gasteiger partial charge in [-0.15, -0.1) is 0 Å². The third-order valence-corrected chi connectivity index (χ3v) is 5.14. The van der Waals surface area contributed by atoms with E-state index in [1.807, 2.05) is 24.3 Å². The number of benzene rings is 1. The van der Waals surface area contributed by atoms with Crippen molar-refractivity contribution in [1.82, 2.24) is 0 Å². The van der Waals surface area contributed by atoms with Gasteiger partial charge in [0.05, 0.1) is 16.6 Å². The summed E-state index contributed by atoms with van der Waals surface area (Å²) in [7, 11) is -3.87. The molecule has 2 N–H and O–H groups in total. The van der Waals surface area contributed by atoms with E-state index in [1.165, 1.54) is 29.3 Å². The summed E-state index contributed by atoms with van der Waals surface area (Å²) in [4.78, 5) is -0.104. The number of allylic oxidation sites excluding steroid dienone is 3. The molecule has 1 aromatic carbocycles. The van der Waals surface area contributed by atoms with Crippen LogP contribution < -0.4 is 10.1 Å². The zero-order valence-electron chi connectivity index (χ0n) is 13.0. The number of primary sulfonamides is 1. The van der Waals surface area contributed by atoms with Gasteiger partial charge in [-0.3, -0.25) is 5.01 Å². The summed E-state index contributed by atoms with van der Waals surface area (Å²) in [5.41, 5.74) is -0.449. The topological polar surface area (TPSA) is 75.8 Å². The van der Waals surface area contributed by atoms with Gasteiger partial charge in [0.15, 0.2) is 0 Å². The fourth-order valence-electron chi connectivity index (χ4n) is 2.96. The number of anilines is 1. The molecule has 0 bridgehead atoms. The summed E-state index contributed by atoms with van der Waals surface area (Å²) in [6.07, 6.45) is 3.33. The summed E-state index contributed by atoms with van der Waals surface area (Å²) in [6, 6.07) is 4.87. The Morgan fingerprint density at radius 3 is 2.36 bits per heavy atom. The van der Waals surface area contributed by atoms with Crippen molar-refractivity contribution in [2.45, 2.75) is 30.0 Å². The van der Waals surface area contributed by atoms with Crippen molar-refractivity contribution >= 4 is 21.4 Å². The molecule has 2 atom stereocenters. The molecule has 0 aromatic heterocycles. The van der Waals surface area contributed by atoms with E-state index >= 15 is 0 Å². The van der Waals surface area contributed by atoms with Gasteiger partial charge < -0.3 is 0 Å². The van der Waals surface area contributed by atoms with E-state index in [4.69, 9.17) is 5.14 Å². The average Bonchev–Trinajstić information content (AvgIpc) is 3.00. The molecule has 0 spiro atoms. The highest BCUT2D eigenvalue weighted by Crippen LogP contribution is 2.36. The fourth-order valence-corrected chi connectivity index (χ4v) is 3.47. The number of hydrogen-bond donors (Lipinski definition) is 1. The molecule has 1 aliphatic heterocycles. The Hall–Kier alpha value is -2.13. The van der Waals surface area contributed by atoms with E-state index in [0.29, 0.717) is 12.1 Å². The van der Waals surface area contributed by atoms with Crippen LogP contribution >= 0.6 is 0 Å². The van der Waals surface area contributed by atoms with Crippen LogP contribution in [0.5, 0.6) is 0 Å². The van der Waals surface area contributed by atoms with Crippen molar-refractivity contribution in [3.63, 3.8) is 0 Å². The third-order valence-electron chi connectivity index (χ3n) is 4.21. The summed E-state index contributed by atoms with van der Waals surface area (Å²) >= 11 is 0. The first kappa shape index (κ1) is 17.7. The van der Waals surface area contributed by atoms with Crippen LogP contribution in [-0.4, -0.2) is 26.3 Å². The molecule has 3 rings (SSSR count). The highest BCUT2D eigenvalue weighted by atomic mass is 32.2. The molecule has 0 fully saturated rings. The maximum Gasteiger partial charge on any atom is 0.431 e. The molecule has 0 saturated carbocycles. The molecule has 2 unspecified atom stereocenters. The molecule has 0 radical (unpaired) electrons. The van der Waals surface area contributed by atoms with Crippen molar-refractivity contribution in [2.75, 3.05) is 5.01 Å². The van der Waals surface area contributed by atoms with Gasteiger partial charge in [-0.2, -0.15) is 18.3 Å². The normalized spacial score (nSPS) is 23.8. The number of halogens is 3. The van der Waals surface area contributed by atoms with Crippen LogP contribution in [-0.2, 0) is 10.0 Å². The number of hydrazone groups is 1. The lowest BCUT2D eigenvalue weighted by atomic mass is 9.89. The van der Waals surface area contributed by atoms with E-state index in [2.05, 4.69) is 5.10 Å². The minimum atomic E-state index is -4.50. The third kappa shape index (κ3) is 3.77. The Morgan fingerprint density at radius 1 is 1.16 bits per heavy atom. The van der Waals surface area contributed by atoms with Gasteiger partial charge in [-0.05, 0) is 30.7 Å². The summed E-state index contributed by atoms with van der Waals surface area (Å²) < 4.78 is 62.0. The Balaban J connectivity index is 1.95. The highest BCUT2D eigenvalue weighted by molar-refractivity contribution is 7.89. The molecule has 1 heterocycles. The molecule has 1 aromatic rings. The maximum absolute atomic E-state index is 13.1. The van der Waals surface area contributed by atoms with Gasteiger partial charge in [-0.1, -0.05) is 24.3 Å². The second kappa shape index (κ2) is 6.30. The lowest BCUT2D eigenvalue weighted by molar-refractivity contribution is -0.0600. The first-order chi connectivity index (χ1) is 11.7. The number of sulfonamides is 1. The Kier molecular flexibility index (Phi) is 4.46. The Bertz CT molecular complexity index is 842. The summed E-state index contributed by atoms with van der Waals surface area (Å²) in [6.45, 7) is 0. The zero-order valence-corrected chi connectivity index (χ0v) is 13.8. The minimum Gasteiger partial charge on any atom is -0.261 e. The van der Waals surface area contributed by atoms with Gasteiger partial charge in [0.25, 0.3) is 0 Å². The summed E-state index contributed by atoms with van der Waals surface area (Å²) in [5.74, 6) is -0.119. The molecule has 5 nitrogen and oxygen atoms in total. The number of alkyl halides is 3. The van der Waals surface area contributed by atoms with Crippen LogP contribution in [0.4, 0.5) is 18.9 Å². The number of nitrogens with two attached hydrogens (primary N) is 1. The Morgan fingerprint density at radius 2 is 1.84 bits per heavy atom. The van der Waals surface area contributed by atoms with E-state index < -0.39 is 28.0 Å². The van der Waals surface area contributed by atoms with Crippen molar-refractivity contribution in [2.24, 2.45) is 16.2 Å². The lowest BCUT2D eigenvalue weighted by Gasteiger charge is -2.29. The number of nitrogens with zero attached hydrogens (tertiary/aromatic N) is 2. The van der Waals surface area contributed by atoms with Crippen LogP contribution in [0.15, 0.2) is 58.6 Å². The van der Waals surface area contributed by atoms with Gasteiger partial charge in [0.1, 0.15) is 5.71 Å². The maximum atomic E-state index is 13.1. The van der Waals surface area contributed by atoms with Crippen molar-refractivity contribution in [3.8, 4) is 0 Å². The van der Waals surface area contributed by atoms with Crippen LogP contribution in [0.2, 0.25) is 0 Å². The lowest BCUT2D eigenvalue weighted by Crippen LogP contribution is -2.34. The molecule has 1 aliphatic carbocycles. The quantitative estimate of drug-likeness (QED) is 0.888. The first-order valence-corrected chi connectivity index (χ1v) is 9.11. The molecular weight excluding hydrogens is 355 g/mol. The first-order valence-electron chi connectivity index (χ1n) is 7.56. The standard InChI is InChI=1S/C16H16F3N3O2S/c17-16(18,19)15-10-14(11-4-2-1-3-5-11)22(21-15)12-6-8-13(9-7-12)25(20,23)24/h1-4,6-9,11,14H,5,10H2,(H2,20,23,24). The van der Waals surface area contributed by atoms with E-state index in [0.717, 1.165) is 0 Å². The van der Waals surface area contributed by atoms with Gasteiger partial charge in [0, 0.05) is 12.3 Å². The van der Waals surface area contributed by atoms with E-state index in [1.54, 1.807) is 0 Å². The van der Waals surface area contributed by atoms with Crippen molar-refractivity contribution in [1.29, 1.82) is 0 Å². The largest absolute Gasteiger partial charge is 0.431 e. The zero-order chi connectivity index (χ0) is 18.2. The average molecular weight is 371 g/mol. The molecule has 0 saturated heterocycles. The van der Waals surface area contributed by atoms with Crippen LogP contribution in [0.3, 0.4) is 0 Å². The fraction of sp³-hybridized carbons (Fsp3) is 0.312. The summed E-state index contributed by atoms with van der Waals surface area (Å²) in [5, 5.41) is 10.1. The second-order valence-corrected chi connectivity index (χ2v) is 7.47. The van der Waals surface area contributed by atoms with Crippen molar-refractivity contribution < 1.29 is 21.6 Å². The molecule has 9 heteroatoms. The second-order valence-electron chi connectivity index (χ2n) is 5.91. The molecular formula is C16H16F3N3O2S. The number of rotatable bonds is 3. The molecule has 25 heavy (non-hydrogen) atoms. The monoisotopic (exact) mass is 371 g/mol. The highest BCUT2D eigenvalue weighted by Gasteiger charge is 2.44. The smallest absolute Gasteiger partial charge is 0.261 e. The Labute approximate surface area is 143 Å². The SMILES string of the molecule is NS(=O)(=O)c1ccc(N2N=C(C(F)(F)F)CC2C2C=CC=CC2)cc1. The molecule has 0 amide bonds. The molecule has 2 aliphatic rings. The van der Waals surface area contributed by atoms with E-state index in [-0.39, 0.29) is 17.2 Å². The van der Waals surface area contributed by atoms with Gasteiger partial charge in [-0.25, -0.2) is 13.6 Å². The van der Waals surface area contributed by atoms with Gasteiger partial charge in [0.2, 0.25) is 10.0 Å². The van der Waals surface area contributed by atoms with Crippen LogP contribution in [0, 0.1) is 5.92 Å². The van der Waals surface area contributed by atoms with Crippen LogP contribution in [0.25, 0.3) is 0 Å². The molecule has 134 valence electrons. The predicted molar refractivity (Wildman–Crippen MR) is 88.6 cm³/mol. The van der Waals surface area contributed by atoms with E-state index in [9.17, 15) is 21.6 Å². The van der Waals surface area contributed by atoms with Crippen LogP contribution in [0.1, 0.15) is 12.8 Å². The van der Waals surface area contributed by atoms with Crippen molar-refractivity contribution in [3.05, 3.63) is 48.6 Å². The minimum absolute atomic E-state index is 0.104. The van der Waals surface area contributed by atoms with Gasteiger partial charge >= 0.3 is 6.18 Å².